The van der Waals surface area contributed by atoms with Crippen LogP contribution in [-0.4, -0.2) is 17.2 Å². The third-order valence-electron chi connectivity index (χ3n) is 3.04. The van der Waals surface area contributed by atoms with Gasteiger partial charge in [0.25, 0.3) is 0 Å². The number of carbonyl (C=O) groups excluding carboxylic acids is 1. The fourth-order valence-corrected chi connectivity index (χ4v) is 2.25. The fourth-order valence-electron chi connectivity index (χ4n) is 1.80. The molecule has 0 radical (unpaired) electrons. The van der Waals surface area contributed by atoms with E-state index in [0.717, 1.165) is 12.1 Å². The Morgan fingerprint density at radius 2 is 1.82 bits per heavy atom. The lowest BCUT2D eigenvalue weighted by Gasteiger charge is -2.25. The molecule has 0 aromatic heterocycles. The Labute approximate surface area is 140 Å². The maximum absolute atomic E-state index is 12.8. The monoisotopic (exact) mass is 428 g/mol. The Kier molecular flexibility index (Phi) is 4.40. The summed E-state index contributed by atoms with van der Waals surface area (Å²) in [6.07, 6.45) is -3.58. The normalized spacial score (nSPS) is 17.0. The van der Waals surface area contributed by atoms with Gasteiger partial charge in [-0.05, 0) is 61.6 Å². The summed E-state index contributed by atoms with van der Waals surface area (Å²) < 4.78 is 49.7. The topological polar surface area (TPSA) is 35.5 Å². The van der Waals surface area contributed by atoms with E-state index in [2.05, 4.69) is 0 Å². The van der Waals surface area contributed by atoms with E-state index in [1.807, 2.05) is 22.6 Å². The van der Waals surface area contributed by atoms with Gasteiger partial charge in [0.15, 0.2) is 0 Å². The molecule has 0 unspecified atom stereocenters. The van der Waals surface area contributed by atoms with E-state index < -0.39 is 28.9 Å². The van der Waals surface area contributed by atoms with E-state index >= 15 is 0 Å². The number of esters is 1. The third-order valence-corrected chi connectivity index (χ3v) is 3.93. The highest BCUT2D eigenvalue weighted by Crippen LogP contribution is 2.44. The van der Waals surface area contributed by atoms with Gasteiger partial charge in [-0.2, -0.15) is 13.2 Å². The van der Waals surface area contributed by atoms with Crippen molar-refractivity contribution in [3.8, 4) is 5.75 Å². The summed E-state index contributed by atoms with van der Waals surface area (Å²) in [6, 6.07) is 3.23. The van der Waals surface area contributed by atoms with Crippen LogP contribution in [0.4, 0.5) is 13.2 Å². The Morgan fingerprint density at radius 3 is 2.27 bits per heavy atom. The minimum Gasteiger partial charge on any atom is -0.474 e. The van der Waals surface area contributed by atoms with Crippen molar-refractivity contribution in [1.82, 2.24) is 0 Å². The minimum absolute atomic E-state index is 0.0544. The Bertz CT molecular complexity index is 587. The van der Waals surface area contributed by atoms with Gasteiger partial charge in [0.1, 0.15) is 11.4 Å². The van der Waals surface area contributed by atoms with Crippen LogP contribution in [0.25, 0.3) is 0 Å². The second-order valence-corrected chi connectivity index (χ2v) is 7.40. The summed E-state index contributed by atoms with van der Waals surface area (Å²) in [5, 5.41) is 0. The molecule has 0 saturated heterocycles. The standard InChI is InChI=1S/C15H16F3IO3/c1-13(2,3)22-12(20)14(6-7-14)21-11-8-9(15(16,17)18)4-5-10(11)19/h4-5,8H,6-7H2,1-3H3. The maximum Gasteiger partial charge on any atom is 0.416 e. The summed E-state index contributed by atoms with van der Waals surface area (Å²) in [6.45, 7) is 5.19. The third kappa shape index (κ3) is 4.05. The van der Waals surface area contributed by atoms with Crippen LogP contribution >= 0.6 is 22.6 Å². The summed E-state index contributed by atoms with van der Waals surface area (Å²) in [5.41, 5.74) is -2.63. The largest absolute Gasteiger partial charge is 0.474 e. The van der Waals surface area contributed by atoms with Gasteiger partial charge < -0.3 is 9.47 Å². The lowest BCUT2D eigenvalue weighted by molar-refractivity contribution is -0.165. The van der Waals surface area contributed by atoms with Crippen LogP contribution in [0.5, 0.6) is 5.75 Å². The van der Waals surface area contributed by atoms with Gasteiger partial charge in [0.05, 0.1) is 9.13 Å². The second-order valence-electron chi connectivity index (χ2n) is 6.24. The van der Waals surface area contributed by atoms with Crippen LogP contribution in [0.2, 0.25) is 0 Å². The molecule has 1 aromatic rings. The van der Waals surface area contributed by atoms with Gasteiger partial charge in [0, 0.05) is 12.8 Å². The van der Waals surface area contributed by atoms with Crippen molar-refractivity contribution < 1.29 is 27.4 Å². The SMILES string of the molecule is CC(C)(C)OC(=O)C1(Oc2cc(C(F)(F)F)ccc2I)CC1. The average molecular weight is 428 g/mol. The molecule has 1 saturated carbocycles. The summed E-state index contributed by atoms with van der Waals surface area (Å²) >= 11 is 1.88. The number of benzene rings is 1. The lowest BCUT2D eigenvalue weighted by atomic mass is 10.2. The first-order chi connectivity index (χ1) is 9.93. The molecule has 7 heteroatoms. The number of alkyl halides is 3. The second kappa shape index (κ2) is 5.58. The quantitative estimate of drug-likeness (QED) is 0.523. The molecule has 2 rings (SSSR count). The van der Waals surface area contributed by atoms with E-state index in [0.29, 0.717) is 16.4 Å². The van der Waals surface area contributed by atoms with Crippen LogP contribution in [0.3, 0.4) is 0 Å². The average Bonchev–Trinajstić information content (AvgIpc) is 3.09. The van der Waals surface area contributed by atoms with Gasteiger partial charge >= 0.3 is 12.1 Å². The van der Waals surface area contributed by atoms with Gasteiger partial charge in [-0.3, -0.25) is 0 Å². The van der Waals surface area contributed by atoms with Gasteiger partial charge in [-0.1, -0.05) is 0 Å². The Hall–Kier alpha value is -0.990. The van der Waals surface area contributed by atoms with Crippen molar-refractivity contribution in [3.05, 3.63) is 27.3 Å². The molecule has 0 heterocycles. The molecule has 0 atom stereocenters. The number of hydrogen-bond donors (Lipinski definition) is 0. The van der Waals surface area contributed by atoms with Crippen molar-refractivity contribution in [1.29, 1.82) is 0 Å². The van der Waals surface area contributed by atoms with Crippen molar-refractivity contribution in [2.75, 3.05) is 0 Å². The van der Waals surface area contributed by atoms with Crippen LogP contribution < -0.4 is 4.74 Å². The van der Waals surface area contributed by atoms with Gasteiger partial charge in [0.2, 0.25) is 5.60 Å². The first-order valence-corrected chi connectivity index (χ1v) is 7.80. The summed E-state index contributed by atoms with van der Waals surface area (Å²) in [4.78, 5) is 12.2. The minimum atomic E-state index is -4.45. The molecule has 1 aliphatic rings. The highest BCUT2D eigenvalue weighted by molar-refractivity contribution is 14.1. The van der Waals surface area contributed by atoms with Crippen LogP contribution in [0, 0.1) is 3.57 Å². The predicted octanol–water partition coefficient (Wildman–Crippen LogP) is 4.56. The van der Waals surface area contributed by atoms with E-state index in [-0.39, 0.29) is 5.75 Å². The molecule has 1 fully saturated rings. The molecule has 0 amide bonds. The first kappa shape index (κ1) is 17.4. The highest BCUT2D eigenvalue weighted by atomic mass is 127. The molecule has 0 aliphatic heterocycles. The maximum atomic E-state index is 12.8. The number of halogens is 4. The molecule has 1 aliphatic carbocycles. The van der Waals surface area contributed by atoms with Crippen LogP contribution in [-0.2, 0) is 15.7 Å². The molecular formula is C15H16F3IO3. The lowest BCUT2D eigenvalue weighted by Crippen LogP contribution is -2.37. The summed E-state index contributed by atoms with van der Waals surface area (Å²) in [7, 11) is 0. The van der Waals surface area contributed by atoms with Crippen LogP contribution in [0.1, 0.15) is 39.2 Å². The smallest absolute Gasteiger partial charge is 0.416 e. The van der Waals surface area contributed by atoms with E-state index in [1.54, 1.807) is 20.8 Å². The Morgan fingerprint density at radius 1 is 1.23 bits per heavy atom. The zero-order valence-corrected chi connectivity index (χ0v) is 14.5. The first-order valence-electron chi connectivity index (χ1n) is 6.72. The number of rotatable bonds is 3. The fraction of sp³-hybridized carbons (Fsp3) is 0.533. The molecule has 0 bridgehead atoms. The number of carbonyl (C=O) groups is 1. The van der Waals surface area contributed by atoms with Gasteiger partial charge in [-0.25, -0.2) is 4.79 Å². The predicted molar refractivity (Wildman–Crippen MR) is 82.6 cm³/mol. The number of hydrogen-bond acceptors (Lipinski definition) is 3. The van der Waals surface area contributed by atoms with E-state index in [9.17, 15) is 18.0 Å². The van der Waals surface area contributed by atoms with E-state index in [1.165, 1.54) is 6.07 Å². The van der Waals surface area contributed by atoms with Crippen molar-refractivity contribution in [2.24, 2.45) is 0 Å². The molecule has 1 aromatic carbocycles. The van der Waals surface area contributed by atoms with Crippen molar-refractivity contribution in [2.45, 2.75) is 51.0 Å². The zero-order valence-electron chi connectivity index (χ0n) is 12.4. The molecule has 3 nitrogen and oxygen atoms in total. The molecule has 0 spiro atoms. The molecule has 122 valence electrons. The van der Waals surface area contributed by atoms with Crippen molar-refractivity contribution in [3.63, 3.8) is 0 Å². The highest BCUT2D eigenvalue weighted by Gasteiger charge is 2.55. The summed E-state index contributed by atoms with van der Waals surface area (Å²) in [5.74, 6) is -0.480. The van der Waals surface area contributed by atoms with Gasteiger partial charge in [-0.15, -0.1) is 0 Å². The van der Waals surface area contributed by atoms with Crippen LogP contribution in [0.15, 0.2) is 18.2 Å². The molecular weight excluding hydrogens is 412 g/mol. The Balaban J connectivity index is 2.22. The zero-order chi connectivity index (χ0) is 16.8. The van der Waals surface area contributed by atoms with E-state index in [4.69, 9.17) is 9.47 Å². The molecule has 0 N–H and O–H groups in total. The number of ether oxygens (including phenoxy) is 2. The van der Waals surface area contributed by atoms with Crippen molar-refractivity contribution >= 4 is 28.6 Å². The molecule has 22 heavy (non-hydrogen) atoms.